The van der Waals surface area contributed by atoms with Crippen molar-refractivity contribution in [1.29, 1.82) is 5.26 Å². The third-order valence-corrected chi connectivity index (χ3v) is 5.30. The third-order valence-electron chi connectivity index (χ3n) is 4.04. The number of nitrogens with zero attached hydrogens (tertiary/aromatic N) is 4. The third kappa shape index (κ3) is 2.04. The van der Waals surface area contributed by atoms with Gasteiger partial charge in [-0.3, -0.25) is 0 Å². The Hall–Kier alpha value is -2.45. The fourth-order valence-electron chi connectivity index (χ4n) is 2.99. The van der Waals surface area contributed by atoms with E-state index in [9.17, 15) is 5.26 Å². The molecule has 22 heavy (non-hydrogen) atoms. The van der Waals surface area contributed by atoms with Crippen LogP contribution in [0.3, 0.4) is 0 Å². The van der Waals surface area contributed by atoms with Gasteiger partial charge in [0.2, 0.25) is 0 Å². The molecule has 0 bridgehead atoms. The summed E-state index contributed by atoms with van der Waals surface area (Å²) in [7, 11) is 0. The molecule has 0 atom stereocenters. The number of hydrogen-bond acceptors (Lipinski definition) is 4. The van der Waals surface area contributed by atoms with Crippen molar-refractivity contribution in [3.8, 4) is 22.5 Å². The van der Waals surface area contributed by atoms with Gasteiger partial charge in [0.1, 0.15) is 17.4 Å². The minimum Gasteiger partial charge on any atom is -0.215 e. The largest absolute Gasteiger partial charge is 0.215 e. The summed E-state index contributed by atoms with van der Waals surface area (Å²) in [5, 5.41) is 14.9. The minimum absolute atomic E-state index is 0.780. The molecule has 0 N–H and O–H groups in total. The highest BCUT2D eigenvalue weighted by Crippen LogP contribution is 2.37. The molecule has 1 aromatic carbocycles. The van der Waals surface area contributed by atoms with Gasteiger partial charge >= 0.3 is 0 Å². The van der Waals surface area contributed by atoms with Gasteiger partial charge in [-0.1, -0.05) is 30.3 Å². The minimum atomic E-state index is 0.780. The number of aryl methyl sites for hydroxylation is 1. The molecule has 0 aliphatic heterocycles. The van der Waals surface area contributed by atoms with E-state index in [4.69, 9.17) is 0 Å². The molecule has 1 aliphatic carbocycles. The quantitative estimate of drug-likeness (QED) is 0.724. The Morgan fingerprint density at radius 1 is 1.14 bits per heavy atom. The number of rotatable bonds is 2. The molecule has 0 fully saturated rings. The van der Waals surface area contributed by atoms with E-state index in [0.717, 1.165) is 34.8 Å². The summed E-state index contributed by atoms with van der Waals surface area (Å²) in [6.45, 7) is 0. The van der Waals surface area contributed by atoms with Crippen LogP contribution in [0.4, 0.5) is 0 Å². The van der Waals surface area contributed by atoms with Crippen molar-refractivity contribution in [2.75, 3.05) is 0 Å². The summed E-state index contributed by atoms with van der Waals surface area (Å²) >= 11 is 1.69. The summed E-state index contributed by atoms with van der Waals surface area (Å²) in [5.74, 6) is 0.788. The molecular formula is C17H14N4S. The Kier molecular flexibility index (Phi) is 3.24. The molecule has 108 valence electrons. The lowest BCUT2D eigenvalue weighted by Crippen LogP contribution is -2.02. The lowest BCUT2D eigenvalue weighted by Gasteiger charge is -2.09. The second-order valence-corrected chi connectivity index (χ2v) is 6.45. The molecule has 0 amide bonds. The Balaban J connectivity index is 1.90. The van der Waals surface area contributed by atoms with Gasteiger partial charge in [-0.2, -0.15) is 10.4 Å². The molecule has 0 spiro atoms. The van der Waals surface area contributed by atoms with Crippen LogP contribution in [0, 0.1) is 11.3 Å². The number of nitriles is 1. The van der Waals surface area contributed by atoms with E-state index in [2.05, 4.69) is 16.2 Å². The predicted molar refractivity (Wildman–Crippen MR) is 86.0 cm³/mol. The van der Waals surface area contributed by atoms with Crippen LogP contribution in [-0.2, 0) is 12.8 Å². The van der Waals surface area contributed by atoms with Gasteiger partial charge in [0.05, 0.1) is 5.56 Å². The lowest BCUT2D eigenvalue weighted by molar-refractivity contribution is 0.695. The fourth-order valence-corrected chi connectivity index (χ4v) is 4.29. The number of fused-ring (bicyclic) bond motifs is 1. The second-order valence-electron chi connectivity index (χ2n) is 5.36. The summed E-state index contributed by atoms with van der Waals surface area (Å²) in [6, 6.07) is 12.4. The normalized spacial score (nSPS) is 13.6. The topological polar surface area (TPSA) is 54.5 Å². The van der Waals surface area contributed by atoms with E-state index in [0.29, 0.717) is 0 Å². The van der Waals surface area contributed by atoms with E-state index in [-0.39, 0.29) is 0 Å². The van der Waals surface area contributed by atoms with E-state index in [1.54, 1.807) is 17.7 Å². The van der Waals surface area contributed by atoms with Crippen LogP contribution in [-0.4, -0.2) is 14.8 Å². The second kappa shape index (κ2) is 5.39. The Morgan fingerprint density at radius 3 is 2.77 bits per heavy atom. The fraction of sp³-hybridized carbons (Fsp3) is 0.235. The summed E-state index contributed by atoms with van der Waals surface area (Å²) in [4.78, 5) is 5.73. The first-order valence-electron chi connectivity index (χ1n) is 7.39. The highest BCUT2D eigenvalue weighted by molar-refractivity contribution is 7.15. The maximum Gasteiger partial charge on any atom is 0.164 e. The molecule has 0 saturated heterocycles. The van der Waals surface area contributed by atoms with Gasteiger partial charge in [0, 0.05) is 10.4 Å². The number of thiophene rings is 1. The van der Waals surface area contributed by atoms with Crippen LogP contribution in [0.25, 0.3) is 16.4 Å². The zero-order valence-corrected chi connectivity index (χ0v) is 12.8. The van der Waals surface area contributed by atoms with Gasteiger partial charge in [0.25, 0.3) is 0 Å². The number of hydrogen-bond donors (Lipinski definition) is 0. The molecule has 3 aromatic rings. The van der Waals surface area contributed by atoms with Crippen molar-refractivity contribution in [2.45, 2.75) is 25.7 Å². The number of aromatic nitrogens is 3. The van der Waals surface area contributed by atoms with Crippen LogP contribution in [0.1, 0.15) is 28.8 Å². The Morgan fingerprint density at radius 2 is 1.95 bits per heavy atom. The average Bonchev–Trinajstić information content (AvgIpc) is 3.19. The van der Waals surface area contributed by atoms with E-state index in [1.807, 2.05) is 35.0 Å². The van der Waals surface area contributed by atoms with Crippen LogP contribution >= 0.6 is 11.3 Å². The van der Waals surface area contributed by atoms with Crippen LogP contribution in [0.15, 0.2) is 36.7 Å². The molecule has 2 heterocycles. The lowest BCUT2D eigenvalue weighted by atomic mass is 9.96. The van der Waals surface area contributed by atoms with Crippen molar-refractivity contribution in [1.82, 2.24) is 14.8 Å². The first-order chi connectivity index (χ1) is 10.9. The first-order valence-corrected chi connectivity index (χ1v) is 8.20. The maximum atomic E-state index is 9.62. The van der Waals surface area contributed by atoms with E-state index in [1.165, 1.54) is 23.3 Å². The van der Waals surface area contributed by atoms with Crippen LogP contribution in [0.5, 0.6) is 0 Å². The maximum absolute atomic E-state index is 9.62. The smallest absolute Gasteiger partial charge is 0.164 e. The molecule has 4 nitrogen and oxygen atoms in total. The molecule has 4 rings (SSSR count). The van der Waals surface area contributed by atoms with Crippen LogP contribution < -0.4 is 0 Å². The van der Waals surface area contributed by atoms with E-state index < -0.39 is 0 Å². The van der Waals surface area contributed by atoms with Crippen molar-refractivity contribution in [2.24, 2.45) is 0 Å². The van der Waals surface area contributed by atoms with Gasteiger partial charge < -0.3 is 0 Å². The van der Waals surface area contributed by atoms with Gasteiger partial charge in [-0.05, 0) is 31.2 Å². The molecule has 0 saturated carbocycles. The van der Waals surface area contributed by atoms with Gasteiger partial charge in [0.15, 0.2) is 5.82 Å². The molecule has 5 heteroatoms. The first kappa shape index (κ1) is 13.2. The zero-order valence-electron chi connectivity index (χ0n) is 12.0. The summed E-state index contributed by atoms with van der Waals surface area (Å²) in [5.41, 5.74) is 3.01. The molecular weight excluding hydrogens is 292 g/mol. The highest BCUT2D eigenvalue weighted by atomic mass is 32.1. The average molecular weight is 306 g/mol. The Labute approximate surface area is 132 Å². The van der Waals surface area contributed by atoms with Crippen molar-refractivity contribution in [3.05, 3.63) is 52.7 Å². The molecule has 2 aromatic heterocycles. The van der Waals surface area contributed by atoms with Crippen molar-refractivity contribution >= 4 is 11.3 Å². The van der Waals surface area contributed by atoms with Crippen molar-refractivity contribution < 1.29 is 0 Å². The summed E-state index contributed by atoms with van der Waals surface area (Å²) in [6.07, 6.45) is 6.01. The standard InChI is InChI=1S/C17H14N4S/c18-10-14-13-8-4-5-9-15(13)22-17(14)21-16(19-11-20-21)12-6-2-1-3-7-12/h1-3,6-7,11H,4-5,8-9H2. The predicted octanol–water partition coefficient (Wildman–Crippen LogP) is 3.75. The SMILES string of the molecule is N#Cc1c(-n2ncnc2-c2ccccc2)sc2c1CCCC2. The number of benzene rings is 1. The van der Waals surface area contributed by atoms with E-state index >= 15 is 0 Å². The molecule has 0 radical (unpaired) electrons. The van der Waals surface area contributed by atoms with Gasteiger partial charge in [-0.25, -0.2) is 9.67 Å². The van der Waals surface area contributed by atoms with Crippen LogP contribution in [0.2, 0.25) is 0 Å². The zero-order chi connectivity index (χ0) is 14.9. The molecule has 1 aliphatic rings. The van der Waals surface area contributed by atoms with Crippen molar-refractivity contribution in [3.63, 3.8) is 0 Å². The summed E-state index contributed by atoms with van der Waals surface area (Å²) < 4.78 is 1.82. The highest BCUT2D eigenvalue weighted by Gasteiger charge is 2.23. The molecule has 0 unspecified atom stereocenters. The Bertz CT molecular complexity index is 855. The van der Waals surface area contributed by atoms with Gasteiger partial charge in [-0.15, -0.1) is 11.3 Å². The monoisotopic (exact) mass is 306 g/mol.